The molecule has 0 unspecified atom stereocenters. The summed E-state index contributed by atoms with van der Waals surface area (Å²) in [7, 11) is 0. The fraction of sp³-hybridized carbons (Fsp3) is 0.429. The fourth-order valence-corrected chi connectivity index (χ4v) is 2.96. The molecule has 1 N–H and O–H groups in total. The highest BCUT2D eigenvalue weighted by Crippen LogP contribution is 2.53. The molecule has 0 saturated heterocycles. The standard InChI is InChI=1S/C15F16.C6H10F5N/c16-5-2(6(17)10(21)12(23)9(5)20)1-3(13(24,25)15(29,30)31)7(18)11(22)8(19)4(1)14(26,27)28;1-2-3-4-12-6(10,11)5(7,8)9/h;12H,2-4H2,1H3. The van der Waals surface area contributed by atoms with Crippen molar-refractivity contribution in [2.45, 2.75) is 50.3 Å². The number of alkyl halides is 13. The maximum absolute atomic E-state index is 13.9. The average molecular weight is 675 g/mol. The third kappa shape index (κ3) is 7.36. The normalized spacial score (nSPS) is 13.3. The molecule has 2 rings (SSSR count). The highest BCUT2D eigenvalue weighted by atomic mass is 19.4. The van der Waals surface area contributed by atoms with Crippen molar-refractivity contribution in [3.63, 3.8) is 0 Å². The minimum absolute atomic E-state index is 0.297. The minimum Gasteiger partial charge on any atom is -0.250 e. The molecular formula is C21H10F21N. The smallest absolute Gasteiger partial charge is 0.250 e. The van der Waals surface area contributed by atoms with Crippen LogP contribution in [0.15, 0.2) is 0 Å². The molecule has 0 heterocycles. The molecule has 1 nitrogen and oxygen atoms in total. The number of rotatable bonds is 6. The van der Waals surface area contributed by atoms with Crippen molar-refractivity contribution in [1.82, 2.24) is 5.32 Å². The Morgan fingerprint density at radius 2 is 0.837 bits per heavy atom. The lowest BCUT2D eigenvalue weighted by Gasteiger charge is -2.26. The van der Waals surface area contributed by atoms with Crippen molar-refractivity contribution in [1.29, 1.82) is 0 Å². The molecule has 0 atom stereocenters. The minimum atomic E-state index is -7.10. The monoisotopic (exact) mass is 675 g/mol. The van der Waals surface area contributed by atoms with Crippen LogP contribution in [0.5, 0.6) is 0 Å². The van der Waals surface area contributed by atoms with Crippen LogP contribution in [-0.4, -0.2) is 24.9 Å². The molecule has 0 aliphatic heterocycles. The molecule has 43 heavy (non-hydrogen) atoms. The van der Waals surface area contributed by atoms with E-state index in [4.69, 9.17) is 0 Å². The number of unbranched alkanes of at least 4 members (excludes halogenated alkanes) is 1. The Kier molecular flexibility index (Phi) is 11.0. The Hall–Kier alpha value is -3.07. The van der Waals surface area contributed by atoms with Crippen LogP contribution in [0.4, 0.5) is 92.2 Å². The second-order valence-electron chi connectivity index (χ2n) is 7.93. The lowest BCUT2D eigenvalue weighted by molar-refractivity contribution is -0.295. The molecule has 0 bridgehead atoms. The Morgan fingerprint density at radius 1 is 0.465 bits per heavy atom. The predicted molar refractivity (Wildman–Crippen MR) is 100 cm³/mol. The topological polar surface area (TPSA) is 12.0 Å². The first-order valence-electron chi connectivity index (χ1n) is 10.5. The van der Waals surface area contributed by atoms with Crippen LogP contribution in [0.25, 0.3) is 11.1 Å². The molecule has 22 heteroatoms. The summed E-state index contributed by atoms with van der Waals surface area (Å²) in [6, 6.07) is -4.76. The second-order valence-corrected chi connectivity index (χ2v) is 7.93. The van der Waals surface area contributed by atoms with Crippen molar-refractivity contribution in [3.8, 4) is 11.1 Å². The maximum atomic E-state index is 13.9. The van der Waals surface area contributed by atoms with Crippen LogP contribution < -0.4 is 5.32 Å². The van der Waals surface area contributed by atoms with Gasteiger partial charge >= 0.3 is 30.5 Å². The van der Waals surface area contributed by atoms with Crippen molar-refractivity contribution in [2.24, 2.45) is 0 Å². The Bertz CT molecular complexity index is 1290. The first-order valence-corrected chi connectivity index (χ1v) is 10.5. The highest BCUT2D eigenvalue weighted by Gasteiger charge is 2.63. The number of benzene rings is 2. The molecular weight excluding hydrogens is 665 g/mol. The molecule has 0 aromatic heterocycles. The molecule has 246 valence electrons. The van der Waals surface area contributed by atoms with Gasteiger partial charge in [0.25, 0.3) is 0 Å². The fourth-order valence-electron chi connectivity index (χ4n) is 2.96. The predicted octanol–water partition coefficient (Wildman–Crippen LogP) is 9.67. The summed E-state index contributed by atoms with van der Waals surface area (Å²) in [4.78, 5) is 0. The first kappa shape index (κ1) is 38.0. The van der Waals surface area contributed by atoms with E-state index < -0.39 is 99.3 Å². The van der Waals surface area contributed by atoms with E-state index in [0.29, 0.717) is 12.8 Å². The van der Waals surface area contributed by atoms with Crippen LogP contribution in [0, 0.1) is 46.5 Å². The van der Waals surface area contributed by atoms with Crippen molar-refractivity contribution in [2.75, 3.05) is 6.54 Å². The lowest BCUT2D eigenvalue weighted by atomic mass is 9.88. The summed E-state index contributed by atoms with van der Waals surface area (Å²) in [5.74, 6) is -34.1. The quantitative estimate of drug-likeness (QED) is 0.106. The second kappa shape index (κ2) is 12.5. The molecule has 0 aliphatic carbocycles. The van der Waals surface area contributed by atoms with Crippen molar-refractivity contribution in [3.05, 3.63) is 57.7 Å². The van der Waals surface area contributed by atoms with Gasteiger partial charge in [0.2, 0.25) is 5.82 Å². The van der Waals surface area contributed by atoms with E-state index in [0.717, 1.165) is 5.32 Å². The van der Waals surface area contributed by atoms with Gasteiger partial charge in [0.15, 0.2) is 40.7 Å². The molecule has 0 radical (unpaired) electrons. The summed E-state index contributed by atoms with van der Waals surface area (Å²) in [6.45, 7) is 1.37. The first-order chi connectivity index (χ1) is 19.1. The SMILES string of the molecule is CCCCNC(F)(F)C(F)(F)F.Fc1c(F)c(F)c(-c2c(C(F)(F)F)c(F)c(F)c(F)c2C(F)(F)C(F)(F)F)c(F)c1F. The molecule has 2 aromatic carbocycles. The zero-order valence-corrected chi connectivity index (χ0v) is 20.1. The lowest BCUT2D eigenvalue weighted by Crippen LogP contribution is -2.49. The summed E-state index contributed by atoms with van der Waals surface area (Å²) >= 11 is 0. The molecule has 0 fully saturated rings. The third-order valence-corrected chi connectivity index (χ3v) is 4.97. The molecule has 2 aromatic rings. The van der Waals surface area contributed by atoms with Gasteiger partial charge in [-0.2, -0.15) is 57.1 Å². The number of hydrogen-bond acceptors (Lipinski definition) is 1. The van der Waals surface area contributed by atoms with Crippen LogP contribution in [0.1, 0.15) is 30.9 Å². The Labute approximate surface area is 224 Å². The van der Waals surface area contributed by atoms with Crippen LogP contribution in [-0.2, 0) is 12.1 Å². The van der Waals surface area contributed by atoms with E-state index >= 15 is 0 Å². The van der Waals surface area contributed by atoms with Gasteiger partial charge in [-0.15, -0.1) is 0 Å². The van der Waals surface area contributed by atoms with Crippen LogP contribution in [0.3, 0.4) is 0 Å². The molecule has 0 aliphatic rings. The van der Waals surface area contributed by atoms with Crippen LogP contribution >= 0.6 is 0 Å². The van der Waals surface area contributed by atoms with Gasteiger partial charge in [-0.1, -0.05) is 13.3 Å². The zero-order chi connectivity index (χ0) is 34.3. The summed E-state index contributed by atoms with van der Waals surface area (Å²) in [5, 5.41) is 1.14. The van der Waals surface area contributed by atoms with E-state index in [9.17, 15) is 92.2 Å². The van der Waals surface area contributed by atoms with Gasteiger partial charge in [0.05, 0.1) is 11.1 Å². The maximum Gasteiger partial charge on any atom is 0.469 e. The summed E-state index contributed by atoms with van der Waals surface area (Å²) in [6.07, 6.45) is -18.3. The largest absolute Gasteiger partial charge is 0.469 e. The van der Waals surface area contributed by atoms with E-state index in [-0.39, 0.29) is 6.54 Å². The molecule has 0 amide bonds. The van der Waals surface area contributed by atoms with Crippen LogP contribution in [0.2, 0.25) is 0 Å². The van der Waals surface area contributed by atoms with Crippen molar-refractivity contribution < 1.29 is 92.2 Å². The average Bonchev–Trinajstić information content (AvgIpc) is 2.83. The summed E-state index contributed by atoms with van der Waals surface area (Å²) < 4.78 is 272. The van der Waals surface area contributed by atoms with Gasteiger partial charge in [-0.25, -0.2) is 35.1 Å². The van der Waals surface area contributed by atoms with Gasteiger partial charge in [-0.05, 0) is 6.42 Å². The van der Waals surface area contributed by atoms with E-state index in [1.54, 1.807) is 6.92 Å². The Balaban J connectivity index is 0.000000650. The third-order valence-electron chi connectivity index (χ3n) is 4.97. The van der Waals surface area contributed by atoms with Gasteiger partial charge < -0.3 is 0 Å². The van der Waals surface area contributed by atoms with E-state index in [2.05, 4.69) is 0 Å². The number of nitrogens with one attached hydrogen (secondary N) is 1. The highest BCUT2D eigenvalue weighted by molar-refractivity contribution is 5.75. The van der Waals surface area contributed by atoms with E-state index in [1.807, 2.05) is 0 Å². The number of halogens is 21. The molecule has 0 saturated carbocycles. The zero-order valence-electron chi connectivity index (χ0n) is 20.1. The van der Waals surface area contributed by atoms with Gasteiger partial charge in [0.1, 0.15) is 5.56 Å². The Morgan fingerprint density at radius 3 is 1.19 bits per heavy atom. The number of hydrogen-bond donors (Lipinski definition) is 1. The van der Waals surface area contributed by atoms with Gasteiger partial charge in [-0.3, -0.25) is 5.32 Å². The molecule has 0 spiro atoms. The van der Waals surface area contributed by atoms with Crippen molar-refractivity contribution >= 4 is 0 Å². The summed E-state index contributed by atoms with van der Waals surface area (Å²) in [5.41, 5.74) is -14.2. The van der Waals surface area contributed by atoms with Gasteiger partial charge in [0, 0.05) is 12.1 Å². The van der Waals surface area contributed by atoms with E-state index in [1.165, 1.54) is 0 Å².